The van der Waals surface area contributed by atoms with E-state index in [1.165, 1.54) is 6.92 Å². The summed E-state index contributed by atoms with van der Waals surface area (Å²) in [6.45, 7) is 3.16. The monoisotopic (exact) mass is 182 g/mol. The molecule has 2 unspecified atom stereocenters. The van der Waals surface area contributed by atoms with Crippen molar-refractivity contribution in [1.29, 1.82) is 0 Å². The zero-order chi connectivity index (χ0) is 9.78. The number of rotatable bonds is 5. The van der Waals surface area contributed by atoms with E-state index >= 15 is 0 Å². The van der Waals surface area contributed by atoms with Gasteiger partial charge in [-0.1, -0.05) is 20.3 Å². The maximum Gasteiger partial charge on any atom is 0.298 e. The second-order valence-electron chi connectivity index (χ2n) is 2.90. The summed E-state index contributed by atoms with van der Waals surface area (Å²) in [5.41, 5.74) is 0. The number of alkyl halides is 2. The number of aliphatic hydroxyl groups is 2. The fourth-order valence-electron chi connectivity index (χ4n) is 0.960. The van der Waals surface area contributed by atoms with Crippen LogP contribution in [0.4, 0.5) is 8.78 Å². The largest absolute Gasteiger partial charge is 0.387 e. The first kappa shape index (κ1) is 11.8. The van der Waals surface area contributed by atoms with Gasteiger partial charge < -0.3 is 10.2 Å². The van der Waals surface area contributed by atoms with Crippen LogP contribution in [0.15, 0.2) is 0 Å². The van der Waals surface area contributed by atoms with E-state index < -0.39 is 18.1 Å². The molecule has 0 saturated heterocycles. The van der Waals surface area contributed by atoms with E-state index in [2.05, 4.69) is 0 Å². The molecule has 0 saturated carbocycles. The van der Waals surface area contributed by atoms with Crippen LogP contribution in [-0.2, 0) is 0 Å². The highest BCUT2D eigenvalue weighted by Crippen LogP contribution is 2.27. The third-order valence-electron chi connectivity index (χ3n) is 1.84. The Hall–Kier alpha value is -0.220. The van der Waals surface area contributed by atoms with Crippen LogP contribution < -0.4 is 0 Å². The van der Waals surface area contributed by atoms with E-state index in [0.717, 1.165) is 0 Å². The third kappa shape index (κ3) is 2.68. The Balaban J connectivity index is 4.16. The summed E-state index contributed by atoms with van der Waals surface area (Å²) < 4.78 is 25.8. The Morgan fingerprint density at radius 2 is 1.67 bits per heavy atom. The predicted octanol–water partition coefficient (Wildman–Crippen LogP) is 1.55. The molecule has 0 aromatic carbocycles. The van der Waals surface area contributed by atoms with E-state index in [1.54, 1.807) is 6.92 Å². The second kappa shape index (κ2) is 4.72. The minimum atomic E-state index is -3.37. The molecule has 2 N–H and O–H groups in total. The quantitative estimate of drug-likeness (QED) is 0.677. The standard InChI is InChI=1S/C8H16F2O2/c1-3-5-7(12)8(9,10)6(11)4-2/h6-7,11-12H,3-5H2,1-2H3. The number of hydrogen-bond donors (Lipinski definition) is 2. The summed E-state index contributed by atoms with van der Waals surface area (Å²) in [6.07, 6.45) is -3.01. The van der Waals surface area contributed by atoms with Crippen molar-refractivity contribution in [3.63, 3.8) is 0 Å². The van der Waals surface area contributed by atoms with Gasteiger partial charge in [0.25, 0.3) is 5.92 Å². The fourth-order valence-corrected chi connectivity index (χ4v) is 0.960. The highest BCUT2D eigenvalue weighted by atomic mass is 19.3. The number of aliphatic hydroxyl groups excluding tert-OH is 2. The zero-order valence-electron chi connectivity index (χ0n) is 7.43. The Labute approximate surface area is 71.2 Å². The molecule has 0 aliphatic carbocycles. The van der Waals surface area contributed by atoms with E-state index in [9.17, 15) is 8.78 Å². The predicted molar refractivity (Wildman–Crippen MR) is 42.2 cm³/mol. The van der Waals surface area contributed by atoms with Crippen LogP contribution in [-0.4, -0.2) is 28.3 Å². The third-order valence-corrected chi connectivity index (χ3v) is 1.84. The van der Waals surface area contributed by atoms with Gasteiger partial charge in [0.15, 0.2) is 0 Å². The van der Waals surface area contributed by atoms with Gasteiger partial charge in [-0.25, -0.2) is 8.78 Å². The van der Waals surface area contributed by atoms with Crippen molar-refractivity contribution in [3.8, 4) is 0 Å². The maximum atomic E-state index is 12.9. The molecule has 0 fully saturated rings. The lowest BCUT2D eigenvalue weighted by atomic mass is 10.0. The fraction of sp³-hybridized carbons (Fsp3) is 1.00. The molecule has 0 spiro atoms. The molecule has 0 radical (unpaired) electrons. The molecule has 0 amide bonds. The lowest BCUT2D eigenvalue weighted by molar-refractivity contribution is -0.178. The van der Waals surface area contributed by atoms with Gasteiger partial charge in [0, 0.05) is 0 Å². The van der Waals surface area contributed by atoms with Gasteiger partial charge in [-0.3, -0.25) is 0 Å². The van der Waals surface area contributed by atoms with Crippen LogP contribution in [0.1, 0.15) is 33.1 Å². The van der Waals surface area contributed by atoms with Crippen molar-refractivity contribution in [2.75, 3.05) is 0 Å². The SMILES string of the molecule is CCCC(O)C(F)(F)C(O)CC. The minimum absolute atomic E-state index is 0.0179. The molecule has 2 nitrogen and oxygen atoms in total. The van der Waals surface area contributed by atoms with Crippen molar-refractivity contribution in [2.45, 2.75) is 51.2 Å². The first-order chi connectivity index (χ1) is 5.46. The first-order valence-electron chi connectivity index (χ1n) is 4.20. The number of halogens is 2. The van der Waals surface area contributed by atoms with Crippen LogP contribution in [0.3, 0.4) is 0 Å². The van der Waals surface area contributed by atoms with Crippen molar-refractivity contribution in [2.24, 2.45) is 0 Å². The van der Waals surface area contributed by atoms with Crippen molar-refractivity contribution < 1.29 is 19.0 Å². The molecule has 0 bridgehead atoms. The zero-order valence-corrected chi connectivity index (χ0v) is 7.43. The molecule has 12 heavy (non-hydrogen) atoms. The Morgan fingerprint density at radius 3 is 2.00 bits per heavy atom. The average molecular weight is 182 g/mol. The van der Waals surface area contributed by atoms with E-state index in [4.69, 9.17) is 10.2 Å². The van der Waals surface area contributed by atoms with Crippen molar-refractivity contribution in [3.05, 3.63) is 0 Å². The number of hydrogen-bond acceptors (Lipinski definition) is 2. The van der Waals surface area contributed by atoms with Gasteiger partial charge in [-0.2, -0.15) is 0 Å². The summed E-state index contributed by atoms with van der Waals surface area (Å²) in [6, 6.07) is 0. The second-order valence-corrected chi connectivity index (χ2v) is 2.90. The van der Waals surface area contributed by atoms with Crippen LogP contribution in [0.2, 0.25) is 0 Å². The lowest BCUT2D eigenvalue weighted by Gasteiger charge is -2.26. The van der Waals surface area contributed by atoms with E-state index in [1.807, 2.05) is 0 Å². The maximum absolute atomic E-state index is 12.9. The summed E-state index contributed by atoms with van der Waals surface area (Å²) in [5.74, 6) is -3.37. The molecule has 0 rings (SSSR count). The summed E-state index contributed by atoms with van der Waals surface area (Å²) in [4.78, 5) is 0. The highest BCUT2D eigenvalue weighted by molar-refractivity contribution is 4.82. The molecule has 4 heteroatoms. The van der Waals surface area contributed by atoms with Crippen molar-refractivity contribution >= 4 is 0 Å². The average Bonchev–Trinajstić information content (AvgIpc) is 2.03. The smallest absolute Gasteiger partial charge is 0.298 e. The van der Waals surface area contributed by atoms with E-state index in [0.29, 0.717) is 6.42 Å². The van der Waals surface area contributed by atoms with E-state index in [-0.39, 0.29) is 12.8 Å². The Morgan fingerprint density at radius 1 is 1.17 bits per heavy atom. The van der Waals surface area contributed by atoms with Crippen LogP contribution in [0.25, 0.3) is 0 Å². The van der Waals surface area contributed by atoms with Crippen LogP contribution in [0, 0.1) is 0 Å². The molecule has 0 aromatic rings. The normalized spacial score (nSPS) is 17.5. The molecule has 0 aliphatic rings. The molecular formula is C8H16F2O2. The molecular weight excluding hydrogens is 166 g/mol. The summed E-state index contributed by atoms with van der Waals surface area (Å²) in [7, 11) is 0. The molecule has 0 aromatic heterocycles. The van der Waals surface area contributed by atoms with Crippen LogP contribution >= 0.6 is 0 Å². The molecule has 0 heterocycles. The summed E-state index contributed by atoms with van der Waals surface area (Å²) >= 11 is 0. The minimum Gasteiger partial charge on any atom is -0.387 e. The summed E-state index contributed by atoms with van der Waals surface area (Å²) in [5, 5.41) is 17.8. The topological polar surface area (TPSA) is 40.5 Å². The van der Waals surface area contributed by atoms with Gasteiger partial charge >= 0.3 is 0 Å². The van der Waals surface area contributed by atoms with Crippen molar-refractivity contribution in [1.82, 2.24) is 0 Å². The van der Waals surface area contributed by atoms with Gasteiger partial charge in [0.05, 0.1) is 0 Å². The van der Waals surface area contributed by atoms with Gasteiger partial charge in [-0.15, -0.1) is 0 Å². The van der Waals surface area contributed by atoms with Gasteiger partial charge in [0.2, 0.25) is 0 Å². The van der Waals surface area contributed by atoms with Gasteiger partial charge in [-0.05, 0) is 12.8 Å². The lowest BCUT2D eigenvalue weighted by Crippen LogP contribution is -2.44. The Bertz CT molecular complexity index is 128. The van der Waals surface area contributed by atoms with Gasteiger partial charge in [0.1, 0.15) is 12.2 Å². The van der Waals surface area contributed by atoms with Crippen LogP contribution in [0.5, 0.6) is 0 Å². The molecule has 0 aliphatic heterocycles. The highest BCUT2D eigenvalue weighted by Gasteiger charge is 2.44. The Kier molecular flexibility index (Phi) is 4.63. The molecule has 2 atom stereocenters. The first-order valence-corrected chi connectivity index (χ1v) is 4.20. The molecule has 74 valence electrons.